The minimum absolute atomic E-state index is 0.0861. The van der Waals surface area contributed by atoms with Crippen LogP contribution in [0.4, 0.5) is 4.79 Å². The zero-order valence-electron chi connectivity index (χ0n) is 22.2. The number of aromatic nitrogens is 2. The Hall–Kier alpha value is -2.65. The summed E-state index contributed by atoms with van der Waals surface area (Å²) in [6, 6.07) is 8.16. The Morgan fingerprint density at radius 3 is 2.67 bits per heavy atom. The Morgan fingerprint density at radius 1 is 1.22 bits per heavy atom. The van der Waals surface area contributed by atoms with E-state index in [1.807, 2.05) is 42.5 Å². The van der Waals surface area contributed by atoms with E-state index < -0.39 is 17.8 Å². The number of aryl methyl sites for hydroxylation is 1. The minimum Gasteiger partial charge on any atom is -0.444 e. The van der Waals surface area contributed by atoms with Gasteiger partial charge in [0, 0.05) is 38.2 Å². The Balaban J connectivity index is 1.53. The number of morpholine rings is 1. The molecule has 36 heavy (non-hydrogen) atoms. The SMILES string of the molecule is COCCCCn1nc(C(C)N(C(=O)[C@H]2CN(C(=O)OC(C)(C)C)CCO2)C2CC2)c2ccccc21. The number of unbranched alkanes of at least 4 members (excludes halogenated alkanes) is 1. The largest absolute Gasteiger partial charge is 0.444 e. The molecule has 0 bridgehead atoms. The fourth-order valence-corrected chi connectivity index (χ4v) is 4.77. The fraction of sp³-hybridized carbons (Fsp3) is 0.667. The average molecular weight is 501 g/mol. The Kier molecular flexibility index (Phi) is 8.20. The van der Waals surface area contributed by atoms with Crippen LogP contribution in [0.25, 0.3) is 10.9 Å². The second-order valence-electron chi connectivity index (χ2n) is 10.8. The standard InChI is InChI=1S/C27H40N4O5/c1-19(24-21-10-6-7-11-22(21)30(28-24)14-8-9-16-34-5)31(20-12-13-20)25(32)23-18-29(15-17-35-23)26(33)36-27(2,3)4/h6-7,10-11,19-20,23H,8-9,12-18H2,1-5H3/t19?,23-/m1/s1. The van der Waals surface area contributed by atoms with E-state index in [2.05, 4.69) is 19.1 Å². The molecular weight excluding hydrogens is 460 g/mol. The lowest BCUT2D eigenvalue weighted by Gasteiger charge is -2.37. The fourth-order valence-electron chi connectivity index (χ4n) is 4.77. The van der Waals surface area contributed by atoms with Crippen LogP contribution in [-0.4, -0.2) is 82.7 Å². The van der Waals surface area contributed by atoms with Gasteiger partial charge in [-0.3, -0.25) is 9.48 Å². The second-order valence-corrected chi connectivity index (χ2v) is 10.8. The molecule has 1 aromatic carbocycles. The Bertz CT molecular complexity index is 1060. The van der Waals surface area contributed by atoms with E-state index in [4.69, 9.17) is 19.3 Å². The van der Waals surface area contributed by atoms with E-state index in [9.17, 15) is 9.59 Å². The van der Waals surface area contributed by atoms with Crippen molar-refractivity contribution in [1.29, 1.82) is 0 Å². The summed E-state index contributed by atoms with van der Waals surface area (Å²) in [5.41, 5.74) is 1.38. The van der Waals surface area contributed by atoms with Crippen LogP contribution in [0.2, 0.25) is 0 Å². The van der Waals surface area contributed by atoms with Crippen LogP contribution < -0.4 is 0 Å². The van der Waals surface area contributed by atoms with Crippen molar-refractivity contribution in [3.63, 3.8) is 0 Å². The molecule has 2 atom stereocenters. The first-order valence-corrected chi connectivity index (χ1v) is 13.1. The molecule has 1 unspecified atom stereocenters. The van der Waals surface area contributed by atoms with E-state index in [0.29, 0.717) is 13.2 Å². The van der Waals surface area contributed by atoms with Gasteiger partial charge in [0.1, 0.15) is 5.60 Å². The Morgan fingerprint density at radius 2 is 1.97 bits per heavy atom. The van der Waals surface area contributed by atoms with E-state index >= 15 is 0 Å². The van der Waals surface area contributed by atoms with Crippen LogP contribution in [0.5, 0.6) is 0 Å². The molecule has 2 fully saturated rings. The second kappa shape index (κ2) is 11.2. The summed E-state index contributed by atoms with van der Waals surface area (Å²) >= 11 is 0. The molecule has 4 rings (SSSR count). The van der Waals surface area contributed by atoms with Gasteiger partial charge in [0.15, 0.2) is 6.10 Å². The van der Waals surface area contributed by atoms with Gasteiger partial charge in [-0.1, -0.05) is 18.2 Å². The molecule has 1 saturated carbocycles. The minimum atomic E-state index is -0.711. The molecule has 2 heterocycles. The van der Waals surface area contributed by atoms with Crippen LogP contribution in [0.15, 0.2) is 24.3 Å². The molecule has 9 nitrogen and oxygen atoms in total. The molecule has 2 amide bonds. The summed E-state index contributed by atoms with van der Waals surface area (Å²) in [6.07, 6.45) is 2.75. The van der Waals surface area contributed by atoms with E-state index in [1.165, 1.54) is 0 Å². The number of hydrogen-bond acceptors (Lipinski definition) is 6. The zero-order chi connectivity index (χ0) is 25.9. The lowest BCUT2D eigenvalue weighted by atomic mass is 10.1. The van der Waals surface area contributed by atoms with Crippen molar-refractivity contribution in [1.82, 2.24) is 19.6 Å². The van der Waals surface area contributed by atoms with Gasteiger partial charge in [0.25, 0.3) is 5.91 Å². The first kappa shape index (κ1) is 26.4. The lowest BCUT2D eigenvalue weighted by molar-refractivity contribution is -0.151. The van der Waals surface area contributed by atoms with Crippen LogP contribution in [0.3, 0.4) is 0 Å². The number of para-hydroxylation sites is 1. The maximum atomic E-state index is 13.8. The number of methoxy groups -OCH3 is 1. The summed E-state index contributed by atoms with van der Waals surface area (Å²) in [4.78, 5) is 30.0. The first-order chi connectivity index (χ1) is 17.2. The maximum absolute atomic E-state index is 13.8. The highest BCUT2D eigenvalue weighted by atomic mass is 16.6. The van der Waals surface area contributed by atoms with Crippen LogP contribution in [0.1, 0.15) is 65.1 Å². The molecule has 1 aliphatic heterocycles. The summed E-state index contributed by atoms with van der Waals surface area (Å²) in [7, 11) is 1.72. The zero-order valence-corrected chi connectivity index (χ0v) is 22.2. The van der Waals surface area contributed by atoms with Gasteiger partial charge in [-0.25, -0.2) is 4.79 Å². The first-order valence-electron chi connectivity index (χ1n) is 13.1. The molecule has 2 aliphatic rings. The maximum Gasteiger partial charge on any atom is 0.410 e. The molecule has 0 N–H and O–H groups in total. The summed E-state index contributed by atoms with van der Waals surface area (Å²) in [6.45, 7) is 10.0. The third kappa shape index (κ3) is 6.18. The molecule has 198 valence electrons. The molecule has 2 aromatic rings. The average Bonchev–Trinajstić information content (AvgIpc) is 3.61. The smallest absolute Gasteiger partial charge is 0.410 e. The van der Waals surface area contributed by atoms with E-state index in [-0.39, 0.29) is 24.5 Å². The number of carbonyl (C=O) groups is 2. The topological polar surface area (TPSA) is 86.1 Å². The van der Waals surface area contributed by atoms with Crippen molar-refractivity contribution in [2.24, 2.45) is 0 Å². The van der Waals surface area contributed by atoms with Crippen LogP contribution >= 0.6 is 0 Å². The van der Waals surface area contributed by atoms with Crippen molar-refractivity contribution in [3.05, 3.63) is 30.0 Å². The number of rotatable bonds is 9. The number of hydrogen-bond donors (Lipinski definition) is 0. The van der Waals surface area contributed by atoms with Crippen molar-refractivity contribution in [3.8, 4) is 0 Å². The van der Waals surface area contributed by atoms with Gasteiger partial charge >= 0.3 is 6.09 Å². The highest BCUT2D eigenvalue weighted by Gasteiger charge is 2.42. The molecular formula is C27H40N4O5. The number of ether oxygens (including phenoxy) is 3. The van der Waals surface area contributed by atoms with Gasteiger partial charge in [-0.2, -0.15) is 5.10 Å². The molecule has 9 heteroatoms. The molecule has 1 aliphatic carbocycles. The molecule has 0 spiro atoms. The van der Waals surface area contributed by atoms with Gasteiger partial charge in [0.2, 0.25) is 0 Å². The highest BCUT2D eigenvalue weighted by Crippen LogP contribution is 2.37. The molecule has 1 aromatic heterocycles. The number of fused-ring (bicyclic) bond motifs is 1. The van der Waals surface area contributed by atoms with Crippen LogP contribution in [0, 0.1) is 0 Å². The third-order valence-corrected chi connectivity index (χ3v) is 6.66. The van der Waals surface area contributed by atoms with Gasteiger partial charge < -0.3 is 24.0 Å². The summed E-state index contributed by atoms with van der Waals surface area (Å²) in [5.74, 6) is -0.0861. The van der Waals surface area contributed by atoms with Crippen molar-refractivity contribution in [2.75, 3.05) is 33.4 Å². The van der Waals surface area contributed by atoms with Crippen molar-refractivity contribution >= 4 is 22.9 Å². The van der Waals surface area contributed by atoms with Crippen LogP contribution in [-0.2, 0) is 25.5 Å². The number of benzene rings is 1. The number of nitrogens with zero attached hydrogens (tertiary/aromatic N) is 4. The highest BCUT2D eigenvalue weighted by molar-refractivity contribution is 5.86. The van der Waals surface area contributed by atoms with Crippen molar-refractivity contribution < 1.29 is 23.8 Å². The predicted octanol–water partition coefficient (Wildman–Crippen LogP) is 4.15. The normalized spacial score (nSPS) is 19.4. The van der Waals surface area contributed by atoms with E-state index in [1.54, 1.807) is 12.0 Å². The number of carbonyl (C=O) groups excluding carboxylic acids is 2. The third-order valence-electron chi connectivity index (χ3n) is 6.66. The summed E-state index contributed by atoms with van der Waals surface area (Å²) in [5, 5.41) is 6.05. The van der Waals surface area contributed by atoms with Gasteiger partial charge in [-0.15, -0.1) is 0 Å². The Labute approximate surface area is 213 Å². The van der Waals surface area contributed by atoms with E-state index in [0.717, 1.165) is 55.4 Å². The van der Waals surface area contributed by atoms with Crippen molar-refractivity contribution in [2.45, 2.75) is 83.7 Å². The monoisotopic (exact) mass is 500 g/mol. The molecule has 0 radical (unpaired) electrons. The van der Waals surface area contributed by atoms with Gasteiger partial charge in [-0.05, 0) is 59.4 Å². The number of amides is 2. The lowest BCUT2D eigenvalue weighted by Crippen LogP contribution is -2.54. The quantitative estimate of drug-likeness (QED) is 0.481. The molecule has 1 saturated heterocycles. The predicted molar refractivity (Wildman–Crippen MR) is 137 cm³/mol. The summed E-state index contributed by atoms with van der Waals surface area (Å²) < 4.78 is 18.6. The van der Waals surface area contributed by atoms with Gasteiger partial charge in [0.05, 0.1) is 30.4 Å².